The van der Waals surface area contributed by atoms with Crippen molar-refractivity contribution in [3.05, 3.63) is 20.9 Å². The van der Waals surface area contributed by atoms with Crippen molar-refractivity contribution in [2.45, 2.75) is 25.2 Å². The van der Waals surface area contributed by atoms with Gasteiger partial charge in [0.2, 0.25) is 0 Å². The fraction of sp³-hybridized carbons (Fsp3) is 1.00. The lowest BCUT2D eigenvalue weighted by molar-refractivity contribution is -0.156. The lowest BCUT2D eigenvalue weighted by Crippen LogP contribution is -2.40. The number of hydrogen-bond donors (Lipinski definition) is 0. The summed E-state index contributed by atoms with van der Waals surface area (Å²) in [7, 11) is 0. The first-order valence-electron chi connectivity index (χ1n) is 4.39. The van der Waals surface area contributed by atoms with Gasteiger partial charge in [-0.25, -0.2) is 0 Å². The molecule has 8 nitrogen and oxygen atoms in total. The fourth-order valence-corrected chi connectivity index (χ4v) is 1.41. The number of hydrogen-bond acceptors (Lipinski definition) is 4. The molecular weight excluding hydrogens is 200 g/mol. The Morgan fingerprint density at radius 1 is 1.20 bits per heavy atom. The SMILES string of the molecule is CC1(C)OCC(CN=[N+]=[N-])(CN=[N+]=[N-])O1. The molecule has 82 valence electrons. The summed E-state index contributed by atoms with van der Waals surface area (Å²) < 4.78 is 11.0. The maximum atomic E-state index is 8.26. The number of rotatable bonds is 4. The molecule has 0 unspecified atom stereocenters. The molecule has 0 aromatic carbocycles. The lowest BCUT2D eigenvalue weighted by Gasteiger charge is -2.25. The van der Waals surface area contributed by atoms with E-state index in [0.717, 1.165) is 0 Å². The second kappa shape index (κ2) is 4.37. The first-order valence-corrected chi connectivity index (χ1v) is 4.39. The summed E-state index contributed by atoms with van der Waals surface area (Å²) in [6.45, 7) is 3.93. The molecule has 0 atom stereocenters. The Morgan fingerprint density at radius 3 is 2.07 bits per heavy atom. The van der Waals surface area contributed by atoms with E-state index in [0.29, 0.717) is 0 Å². The zero-order valence-corrected chi connectivity index (χ0v) is 8.62. The van der Waals surface area contributed by atoms with E-state index in [1.807, 2.05) is 0 Å². The van der Waals surface area contributed by atoms with Crippen molar-refractivity contribution in [2.24, 2.45) is 10.2 Å². The summed E-state index contributed by atoms with van der Waals surface area (Å²) >= 11 is 0. The van der Waals surface area contributed by atoms with E-state index in [9.17, 15) is 0 Å². The first kappa shape index (κ1) is 11.6. The molecular formula is C7H12N6O2. The summed E-state index contributed by atoms with van der Waals surface area (Å²) in [6.07, 6.45) is 0. The van der Waals surface area contributed by atoms with Crippen LogP contribution in [0.15, 0.2) is 10.2 Å². The van der Waals surface area contributed by atoms with Gasteiger partial charge < -0.3 is 9.47 Å². The van der Waals surface area contributed by atoms with Gasteiger partial charge in [-0.3, -0.25) is 0 Å². The van der Waals surface area contributed by atoms with Crippen molar-refractivity contribution in [1.82, 2.24) is 0 Å². The minimum atomic E-state index is -0.831. The maximum absolute atomic E-state index is 8.26. The Labute approximate surface area is 86.4 Å². The molecule has 0 N–H and O–H groups in total. The first-order chi connectivity index (χ1) is 7.04. The highest BCUT2D eigenvalue weighted by Crippen LogP contribution is 2.31. The van der Waals surface area contributed by atoms with Crippen LogP contribution in [0.25, 0.3) is 20.9 Å². The van der Waals surface area contributed by atoms with Gasteiger partial charge in [-0.15, -0.1) is 0 Å². The molecule has 1 fully saturated rings. The zero-order chi connectivity index (χ0) is 11.4. The topological polar surface area (TPSA) is 116 Å². The third-order valence-corrected chi connectivity index (χ3v) is 1.99. The van der Waals surface area contributed by atoms with E-state index >= 15 is 0 Å². The fourth-order valence-electron chi connectivity index (χ4n) is 1.41. The highest BCUT2D eigenvalue weighted by molar-refractivity contribution is 4.92. The predicted octanol–water partition coefficient (Wildman–Crippen LogP) is 2.13. The standard InChI is InChI=1S/C7H12N6O2/c1-6(2)14-5-7(15-6,3-10-12-8)4-11-13-9/h3-5H2,1-2H3. The van der Waals surface area contributed by atoms with Crippen LogP contribution in [0, 0.1) is 0 Å². The normalized spacial score (nSPS) is 27.9. The third kappa shape index (κ3) is 3.00. The van der Waals surface area contributed by atoms with E-state index in [-0.39, 0.29) is 19.7 Å². The van der Waals surface area contributed by atoms with Crippen LogP contribution in [-0.2, 0) is 9.47 Å². The van der Waals surface area contributed by atoms with Crippen LogP contribution in [-0.4, -0.2) is 31.1 Å². The van der Waals surface area contributed by atoms with Gasteiger partial charge in [0, 0.05) is 9.82 Å². The zero-order valence-electron chi connectivity index (χ0n) is 8.62. The molecule has 0 aliphatic carbocycles. The van der Waals surface area contributed by atoms with E-state index < -0.39 is 11.4 Å². The summed E-state index contributed by atoms with van der Waals surface area (Å²) in [5.41, 5.74) is 15.7. The lowest BCUT2D eigenvalue weighted by atomic mass is 10.1. The summed E-state index contributed by atoms with van der Waals surface area (Å²) in [6, 6.07) is 0. The Balaban J connectivity index is 2.78. The summed E-state index contributed by atoms with van der Waals surface area (Å²) in [5, 5.41) is 6.87. The Kier molecular flexibility index (Phi) is 3.39. The van der Waals surface area contributed by atoms with Crippen molar-refractivity contribution in [3.63, 3.8) is 0 Å². The molecule has 0 aromatic heterocycles. The molecule has 15 heavy (non-hydrogen) atoms. The molecule has 0 saturated carbocycles. The summed E-state index contributed by atoms with van der Waals surface area (Å²) in [5.74, 6) is -0.740. The van der Waals surface area contributed by atoms with E-state index in [1.54, 1.807) is 13.8 Å². The van der Waals surface area contributed by atoms with Crippen LogP contribution >= 0.6 is 0 Å². The van der Waals surface area contributed by atoms with E-state index in [1.165, 1.54) is 0 Å². The van der Waals surface area contributed by atoms with Crippen molar-refractivity contribution >= 4 is 0 Å². The molecule has 0 spiro atoms. The van der Waals surface area contributed by atoms with Gasteiger partial charge in [0.1, 0.15) is 5.60 Å². The van der Waals surface area contributed by atoms with Gasteiger partial charge in [0.15, 0.2) is 5.79 Å². The quantitative estimate of drug-likeness (QED) is 0.403. The Bertz CT molecular complexity index is 308. The van der Waals surface area contributed by atoms with Crippen molar-refractivity contribution < 1.29 is 9.47 Å². The highest BCUT2D eigenvalue weighted by atomic mass is 16.8. The van der Waals surface area contributed by atoms with Gasteiger partial charge in [-0.1, -0.05) is 10.2 Å². The molecule has 1 aliphatic heterocycles. The van der Waals surface area contributed by atoms with Crippen LogP contribution in [0.3, 0.4) is 0 Å². The number of nitrogens with zero attached hydrogens (tertiary/aromatic N) is 6. The van der Waals surface area contributed by atoms with Crippen LogP contribution in [0.5, 0.6) is 0 Å². The van der Waals surface area contributed by atoms with Crippen LogP contribution in [0.2, 0.25) is 0 Å². The predicted molar refractivity (Wildman–Crippen MR) is 51.9 cm³/mol. The maximum Gasteiger partial charge on any atom is 0.163 e. The average molecular weight is 212 g/mol. The van der Waals surface area contributed by atoms with Gasteiger partial charge >= 0.3 is 0 Å². The molecule has 0 bridgehead atoms. The van der Waals surface area contributed by atoms with E-state index in [2.05, 4.69) is 20.1 Å². The minimum Gasteiger partial charge on any atom is -0.348 e. The summed E-state index contributed by atoms with van der Waals surface area (Å²) in [4.78, 5) is 5.31. The Morgan fingerprint density at radius 2 is 1.73 bits per heavy atom. The van der Waals surface area contributed by atoms with E-state index in [4.69, 9.17) is 20.5 Å². The van der Waals surface area contributed by atoms with Crippen molar-refractivity contribution in [3.8, 4) is 0 Å². The Hall–Kier alpha value is -1.46. The molecule has 8 heteroatoms. The largest absolute Gasteiger partial charge is 0.348 e. The van der Waals surface area contributed by atoms with Gasteiger partial charge in [-0.05, 0) is 24.9 Å². The molecule has 1 aliphatic rings. The average Bonchev–Trinajstić information content (AvgIpc) is 2.49. The second-order valence-electron chi connectivity index (χ2n) is 3.75. The molecule has 0 radical (unpaired) electrons. The van der Waals surface area contributed by atoms with Crippen LogP contribution in [0.4, 0.5) is 0 Å². The molecule has 0 aromatic rings. The van der Waals surface area contributed by atoms with Crippen molar-refractivity contribution in [1.29, 1.82) is 0 Å². The number of azide groups is 2. The second-order valence-corrected chi connectivity index (χ2v) is 3.75. The molecule has 1 saturated heterocycles. The smallest absolute Gasteiger partial charge is 0.163 e. The van der Waals surface area contributed by atoms with Crippen molar-refractivity contribution in [2.75, 3.05) is 19.7 Å². The van der Waals surface area contributed by atoms with Crippen LogP contribution in [0.1, 0.15) is 13.8 Å². The third-order valence-electron chi connectivity index (χ3n) is 1.99. The monoisotopic (exact) mass is 212 g/mol. The minimum absolute atomic E-state index is 0.0892. The van der Waals surface area contributed by atoms with Gasteiger partial charge in [0.05, 0.1) is 19.7 Å². The molecule has 1 heterocycles. The van der Waals surface area contributed by atoms with Gasteiger partial charge in [0.25, 0.3) is 0 Å². The highest BCUT2D eigenvalue weighted by Gasteiger charge is 2.44. The van der Waals surface area contributed by atoms with Crippen LogP contribution < -0.4 is 0 Å². The van der Waals surface area contributed by atoms with Gasteiger partial charge in [-0.2, -0.15) is 0 Å². The number of ether oxygens (including phenoxy) is 2. The molecule has 1 rings (SSSR count). The molecule has 0 amide bonds.